The van der Waals surface area contributed by atoms with Crippen molar-refractivity contribution in [1.29, 1.82) is 0 Å². The molecule has 0 radical (unpaired) electrons. The third kappa shape index (κ3) is 2.75. The first-order valence-electron chi connectivity index (χ1n) is 4.49. The SMILES string of the molecule is NC(=O)C(O)C(CC1CCC1)N=P. The maximum absolute atomic E-state index is 10.7. The smallest absolute Gasteiger partial charge is 0.248 e. The lowest BCUT2D eigenvalue weighted by Crippen LogP contribution is -2.39. The maximum Gasteiger partial charge on any atom is 0.248 e. The van der Waals surface area contributed by atoms with Crippen LogP contribution in [0.1, 0.15) is 25.7 Å². The van der Waals surface area contributed by atoms with Crippen LogP contribution in [0.4, 0.5) is 0 Å². The number of nitrogens with zero attached hydrogens (tertiary/aromatic N) is 1. The zero-order chi connectivity index (χ0) is 9.84. The highest BCUT2D eigenvalue weighted by Crippen LogP contribution is 2.32. The van der Waals surface area contributed by atoms with E-state index in [1.807, 2.05) is 0 Å². The fraction of sp³-hybridized carbons (Fsp3) is 0.875. The minimum atomic E-state index is -1.15. The third-order valence-corrected chi connectivity index (χ3v) is 2.95. The van der Waals surface area contributed by atoms with Gasteiger partial charge in [0, 0.05) is 0 Å². The van der Waals surface area contributed by atoms with Crippen molar-refractivity contribution < 1.29 is 9.90 Å². The molecule has 0 aromatic rings. The van der Waals surface area contributed by atoms with Crippen LogP contribution in [0, 0.1) is 5.92 Å². The summed E-state index contributed by atoms with van der Waals surface area (Å²) in [6.45, 7) is 0. The van der Waals surface area contributed by atoms with Gasteiger partial charge in [-0.05, 0) is 21.4 Å². The molecule has 0 bridgehead atoms. The number of carbonyl (C=O) groups is 1. The van der Waals surface area contributed by atoms with Gasteiger partial charge in [0.25, 0.3) is 0 Å². The fourth-order valence-corrected chi connectivity index (χ4v) is 1.76. The Morgan fingerprint density at radius 1 is 1.69 bits per heavy atom. The van der Waals surface area contributed by atoms with E-state index < -0.39 is 12.0 Å². The Morgan fingerprint density at radius 3 is 2.62 bits per heavy atom. The lowest BCUT2D eigenvalue weighted by Gasteiger charge is -2.28. The maximum atomic E-state index is 10.7. The van der Waals surface area contributed by atoms with E-state index in [9.17, 15) is 9.90 Å². The van der Waals surface area contributed by atoms with E-state index in [4.69, 9.17) is 5.73 Å². The molecule has 1 saturated carbocycles. The second-order valence-corrected chi connectivity index (χ2v) is 3.83. The molecule has 0 saturated heterocycles. The molecule has 13 heavy (non-hydrogen) atoms. The van der Waals surface area contributed by atoms with Crippen molar-refractivity contribution in [2.75, 3.05) is 0 Å². The normalized spacial score (nSPS) is 21.6. The highest BCUT2D eigenvalue weighted by molar-refractivity contribution is 7.04. The Balaban J connectivity index is 2.40. The van der Waals surface area contributed by atoms with Crippen molar-refractivity contribution in [3.05, 3.63) is 0 Å². The summed E-state index contributed by atoms with van der Waals surface area (Å²) in [6, 6.07) is -0.389. The first-order chi connectivity index (χ1) is 6.15. The Bertz CT molecular complexity index is 206. The Kier molecular flexibility index (Phi) is 3.82. The van der Waals surface area contributed by atoms with Crippen LogP contribution in [0.25, 0.3) is 0 Å². The van der Waals surface area contributed by atoms with E-state index in [-0.39, 0.29) is 6.04 Å². The van der Waals surface area contributed by atoms with E-state index in [1.54, 1.807) is 0 Å². The molecule has 0 heterocycles. The van der Waals surface area contributed by atoms with Gasteiger partial charge in [-0.1, -0.05) is 19.3 Å². The van der Waals surface area contributed by atoms with Gasteiger partial charge >= 0.3 is 0 Å². The van der Waals surface area contributed by atoms with Crippen LogP contribution in [0.5, 0.6) is 0 Å². The van der Waals surface area contributed by atoms with E-state index in [1.165, 1.54) is 19.3 Å². The second-order valence-electron chi connectivity index (χ2n) is 3.58. The molecule has 1 aliphatic carbocycles. The summed E-state index contributed by atoms with van der Waals surface area (Å²) >= 11 is 0. The van der Waals surface area contributed by atoms with E-state index in [0.717, 1.165) is 6.42 Å². The van der Waals surface area contributed by atoms with E-state index >= 15 is 0 Å². The Hall–Kier alpha value is -0.470. The molecule has 1 amide bonds. The number of amides is 1. The van der Waals surface area contributed by atoms with Crippen molar-refractivity contribution in [2.24, 2.45) is 16.4 Å². The number of hydrogen-bond acceptors (Lipinski definition) is 3. The minimum absolute atomic E-state index is 0.389. The van der Waals surface area contributed by atoms with Crippen LogP contribution in [0.3, 0.4) is 0 Å². The molecule has 1 fully saturated rings. The molecule has 0 spiro atoms. The number of carbonyl (C=O) groups excluding carboxylic acids is 1. The predicted octanol–water partition coefficient (Wildman–Crippen LogP) is 0.718. The fourth-order valence-electron chi connectivity index (χ4n) is 1.51. The Labute approximate surface area is 79.8 Å². The lowest BCUT2D eigenvalue weighted by atomic mass is 9.80. The van der Waals surface area contributed by atoms with Crippen molar-refractivity contribution in [2.45, 2.75) is 37.8 Å². The summed E-state index contributed by atoms with van der Waals surface area (Å²) in [6.07, 6.45) is 3.17. The highest BCUT2D eigenvalue weighted by Gasteiger charge is 2.28. The van der Waals surface area contributed by atoms with Crippen LogP contribution in [0.15, 0.2) is 4.74 Å². The molecule has 0 aromatic heterocycles. The zero-order valence-corrected chi connectivity index (χ0v) is 8.44. The van der Waals surface area contributed by atoms with Gasteiger partial charge in [-0.25, -0.2) is 0 Å². The standard InChI is InChI=1S/C8H15N2O2P/c9-8(12)7(11)6(10-13)4-5-2-1-3-5/h5-7,11,13H,1-4H2,(H2,9,12). The number of aliphatic hydroxyl groups is 1. The monoisotopic (exact) mass is 202 g/mol. The van der Waals surface area contributed by atoms with Gasteiger partial charge in [0.1, 0.15) is 0 Å². The molecule has 2 atom stereocenters. The van der Waals surface area contributed by atoms with Gasteiger partial charge in [-0.3, -0.25) is 9.54 Å². The van der Waals surface area contributed by atoms with Gasteiger partial charge in [-0.15, -0.1) is 0 Å². The molecule has 1 rings (SSSR count). The van der Waals surface area contributed by atoms with Crippen molar-refractivity contribution in [3.63, 3.8) is 0 Å². The predicted molar refractivity (Wildman–Crippen MR) is 51.7 cm³/mol. The van der Waals surface area contributed by atoms with Gasteiger partial charge in [0.05, 0.1) is 6.04 Å². The van der Waals surface area contributed by atoms with Crippen molar-refractivity contribution >= 4 is 14.9 Å². The molecular formula is C8H15N2O2P. The topological polar surface area (TPSA) is 75.7 Å². The molecule has 3 N–H and O–H groups in total. The van der Waals surface area contributed by atoms with E-state index in [0.29, 0.717) is 5.92 Å². The lowest BCUT2D eigenvalue weighted by molar-refractivity contribution is -0.127. The number of aliphatic hydroxyl groups excluding tert-OH is 1. The summed E-state index contributed by atoms with van der Waals surface area (Å²) in [5, 5.41) is 9.36. The van der Waals surface area contributed by atoms with E-state index in [2.05, 4.69) is 13.8 Å². The summed E-state index contributed by atoms with van der Waals surface area (Å²) < 4.78 is 3.79. The minimum Gasteiger partial charge on any atom is -0.381 e. The van der Waals surface area contributed by atoms with Crippen molar-refractivity contribution in [3.8, 4) is 0 Å². The number of primary amides is 1. The molecule has 5 heteroatoms. The molecule has 1 aliphatic rings. The third-order valence-electron chi connectivity index (χ3n) is 2.62. The van der Waals surface area contributed by atoms with Gasteiger partial charge < -0.3 is 10.8 Å². The van der Waals surface area contributed by atoms with Crippen LogP contribution >= 0.6 is 9.03 Å². The summed E-state index contributed by atoms with van der Waals surface area (Å²) in [7, 11) is 2.97. The quantitative estimate of drug-likeness (QED) is 0.644. The van der Waals surface area contributed by atoms with Gasteiger partial charge in [0.15, 0.2) is 6.10 Å². The number of nitrogens with two attached hydrogens (primary N) is 1. The highest BCUT2D eigenvalue weighted by atomic mass is 31.0. The Morgan fingerprint density at radius 2 is 2.31 bits per heavy atom. The zero-order valence-electron chi connectivity index (χ0n) is 7.44. The summed E-state index contributed by atoms with van der Waals surface area (Å²) in [4.78, 5) is 10.7. The largest absolute Gasteiger partial charge is 0.381 e. The molecule has 74 valence electrons. The summed E-state index contributed by atoms with van der Waals surface area (Å²) in [5.74, 6) is -0.106. The van der Waals surface area contributed by atoms with Crippen LogP contribution in [-0.4, -0.2) is 23.2 Å². The van der Waals surface area contributed by atoms with Crippen LogP contribution in [-0.2, 0) is 4.79 Å². The molecule has 2 unspecified atom stereocenters. The summed E-state index contributed by atoms with van der Waals surface area (Å²) in [5.41, 5.74) is 4.98. The average molecular weight is 202 g/mol. The van der Waals surface area contributed by atoms with Crippen molar-refractivity contribution in [1.82, 2.24) is 0 Å². The second kappa shape index (κ2) is 4.68. The van der Waals surface area contributed by atoms with Crippen LogP contribution < -0.4 is 5.73 Å². The van der Waals surface area contributed by atoms with Crippen LogP contribution in [0.2, 0.25) is 0 Å². The molecule has 4 nitrogen and oxygen atoms in total. The number of hydrogen-bond donors (Lipinski definition) is 2. The van der Waals surface area contributed by atoms with Gasteiger partial charge in [0.2, 0.25) is 5.91 Å². The first-order valence-corrected chi connectivity index (χ1v) is 4.94. The molecule has 0 aliphatic heterocycles. The first kappa shape index (κ1) is 10.6. The molecular weight excluding hydrogens is 187 g/mol. The molecule has 0 aromatic carbocycles. The van der Waals surface area contributed by atoms with Gasteiger partial charge in [-0.2, -0.15) is 0 Å². The average Bonchev–Trinajstić information content (AvgIpc) is 2.02. The number of rotatable bonds is 5.